The van der Waals surface area contributed by atoms with Crippen LogP contribution in [-0.4, -0.2) is 43.7 Å². The van der Waals surface area contributed by atoms with Crippen LogP contribution in [0.5, 0.6) is 0 Å². The first kappa shape index (κ1) is 15.7. The summed E-state index contributed by atoms with van der Waals surface area (Å²) in [5, 5.41) is 6.67. The lowest BCUT2D eigenvalue weighted by molar-refractivity contribution is -0.138. The first-order valence-corrected chi connectivity index (χ1v) is 5.04. The maximum Gasteiger partial charge on any atom is 0.405 e. The molecule has 0 aromatic heterocycles. The van der Waals surface area contributed by atoms with E-state index < -0.39 is 18.6 Å². The van der Waals surface area contributed by atoms with Crippen LogP contribution in [0.1, 0.15) is 13.8 Å². The second-order valence-electron chi connectivity index (χ2n) is 3.72. The molecule has 0 unspecified atom stereocenters. The molecule has 0 saturated heterocycles. The van der Waals surface area contributed by atoms with Crippen LogP contribution in [0.25, 0.3) is 0 Å². The Labute approximate surface area is 97.1 Å². The summed E-state index contributed by atoms with van der Waals surface area (Å²) in [7, 11) is 0. The first-order chi connectivity index (χ1) is 7.70. The number of hydrogen-bond donors (Lipinski definition) is 3. The molecule has 0 aliphatic heterocycles. The molecule has 0 aromatic rings. The summed E-state index contributed by atoms with van der Waals surface area (Å²) in [6.45, 7) is 1.73. The van der Waals surface area contributed by atoms with Gasteiger partial charge in [-0.15, -0.1) is 0 Å². The van der Waals surface area contributed by atoms with Crippen LogP contribution >= 0.6 is 0 Å². The van der Waals surface area contributed by atoms with Crippen molar-refractivity contribution in [1.82, 2.24) is 16.0 Å². The summed E-state index contributed by atoms with van der Waals surface area (Å²) in [5.74, 6) is -1.12. The van der Waals surface area contributed by atoms with Crippen LogP contribution in [-0.2, 0) is 9.59 Å². The molecule has 0 bridgehead atoms. The number of amides is 2. The third-order valence-corrected chi connectivity index (χ3v) is 1.51. The van der Waals surface area contributed by atoms with Crippen LogP contribution < -0.4 is 16.0 Å². The minimum atomic E-state index is -4.43. The number of carbonyl (C=O) groups excluding carboxylic acids is 2. The molecule has 5 nitrogen and oxygen atoms in total. The van der Waals surface area contributed by atoms with Gasteiger partial charge in [-0.2, -0.15) is 13.2 Å². The molecule has 8 heteroatoms. The fourth-order valence-electron chi connectivity index (χ4n) is 0.924. The van der Waals surface area contributed by atoms with E-state index in [1.165, 1.54) is 0 Å². The lowest BCUT2D eigenvalue weighted by atomic mass is 10.4. The van der Waals surface area contributed by atoms with Gasteiger partial charge in [-0.25, -0.2) is 0 Å². The van der Waals surface area contributed by atoms with E-state index in [0.29, 0.717) is 0 Å². The van der Waals surface area contributed by atoms with Gasteiger partial charge in [-0.3, -0.25) is 14.9 Å². The van der Waals surface area contributed by atoms with Crippen molar-refractivity contribution < 1.29 is 22.8 Å². The van der Waals surface area contributed by atoms with E-state index in [4.69, 9.17) is 0 Å². The third-order valence-electron chi connectivity index (χ3n) is 1.51. The fraction of sp³-hybridized carbons (Fsp3) is 0.778. The summed E-state index contributed by atoms with van der Waals surface area (Å²) in [6.07, 6.45) is -4.43. The predicted molar refractivity (Wildman–Crippen MR) is 55.2 cm³/mol. The van der Waals surface area contributed by atoms with Crippen LogP contribution in [0.15, 0.2) is 0 Å². The Morgan fingerprint density at radius 3 is 2.12 bits per heavy atom. The molecule has 0 saturated carbocycles. The highest BCUT2D eigenvalue weighted by Crippen LogP contribution is 2.11. The largest absolute Gasteiger partial charge is 0.405 e. The van der Waals surface area contributed by atoms with E-state index >= 15 is 0 Å². The Bertz CT molecular complexity index is 267. The van der Waals surface area contributed by atoms with E-state index in [1.807, 2.05) is 0 Å². The number of hydrogen-bond acceptors (Lipinski definition) is 3. The van der Waals surface area contributed by atoms with Crippen LogP contribution in [0, 0.1) is 0 Å². The monoisotopic (exact) mass is 255 g/mol. The van der Waals surface area contributed by atoms with Gasteiger partial charge in [-0.05, 0) is 13.8 Å². The summed E-state index contributed by atoms with van der Waals surface area (Å²) < 4.78 is 35.1. The number of rotatable bonds is 6. The lowest BCUT2D eigenvalue weighted by Crippen LogP contribution is -2.43. The SMILES string of the molecule is CC(C)NC(=O)CNCC(=O)NCC(F)(F)F. The van der Waals surface area contributed by atoms with Gasteiger partial charge in [0.25, 0.3) is 0 Å². The lowest BCUT2D eigenvalue weighted by Gasteiger charge is -2.10. The van der Waals surface area contributed by atoms with Gasteiger partial charge >= 0.3 is 6.18 Å². The molecule has 3 N–H and O–H groups in total. The second-order valence-corrected chi connectivity index (χ2v) is 3.72. The zero-order chi connectivity index (χ0) is 13.5. The topological polar surface area (TPSA) is 70.2 Å². The summed E-state index contributed by atoms with van der Waals surface area (Å²) in [4.78, 5) is 22.0. The van der Waals surface area contributed by atoms with Crippen LogP contribution in [0.4, 0.5) is 13.2 Å². The molecule has 2 amide bonds. The minimum Gasteiger partial charge on any atom is -0.353 e. The van der Waals surface area contributed by atoms with Gasteiger partial charge in [0.2, 0.25) is 11.8 Å². The standard InChI is InChI=1S/C9H16F3N3O2/c1-6(2)15-8(17)4-13-3-7(16)14-5-9(10,11)12/h6,13H,3-5H2,1-2H3,(H,14,16)(H,15,17). The molecule has 0 spiro atoms. The molecular weight excluding hydrogens is 239 g/mol. The predicted octanol–water partition coefficient (Wildman–Crippen LogP) is -0.221. The van der Waals surface area contributed by atoms with Crippen molar-refractivity contribution in [3.05, 3.63) is 0 Å². The van der Waals surface area contributed by atoms with Crippen molar-refractivity contribution in [3.63, 3.8) is 0 Å². The molecule has 100 valence electrons. The minimum absolute atomic E-state index is 0.0247. The maximum absolute atomic E-state index is 11.7. The van der Waals surface area contributed by atoms with E-state index in [2.05, 4.69) is 10.6 Å². The Kier molecular flexibility index (Phi) is 6.55. The Balaban J connectivity index is 3.61. The highest BCUT2D eigenvalue weighted by molar-refractivity contribution is 5.81. The molecule has 0 rings (SSSR count). The van der Waals surface area contributed by atoms with E-state index in [9.17, 15) is 22.8 Å². The number of halogens is 3. The van der Waals surface area contributed by atoms with Gasteiger partial charge in [0, 0.05) is 6.04 Å². The number of nitrogens with one attached hydrogen (secondary N) is 3. The first-order valence-electron chi connectivity index (χ1n) is 5.04. The van der Waals surface area contributed by atoms with Crippen LogP contribution in [0.2, 0.25) is 0 Å². The molecule has 0 aliphatic rings. The zero-order valence-corrected chi connectivity index (χ0v) is 9.65. The van der Waals surface area contributed by atoms with E-state index in [-0.39, 0.29) is 25.0 Å². The Morgan fingerprint density at radius 2 is 1.65 bits per heavy atom. The smallest absolute Gasteiger partial charge is 0.353 e. The summed E-state index contributed by atoms with van der Waals surface area (Å²) in [6, 6.07) is -0.0247. The second kappa shape index (κ2) is 7.10. The quantitative estimate of drug-likeness (QED) is 0.614. The average molecular weight is 255 g/mol. The zero-order valence-electron chi connectivity index (χ0n) is 9.65. The molecule has 0 atom stereocenters. The van der Waals surface area contributed by atoms with Crippen molar-refractivity contribution >= 4 is 11.8 Å². The molecule has 0 aromatic carbocycles. The van der Waals surface area contributed by atoms with Gasteiger partial charge in [0.05, 0.1) is 13.1 Å². The average Bonchev–Trinajstić information content (AvgIpc) is 2.12. The van der Waals surface area contributed by atoms with Crippen molar-refractivity contribution in [1.29, 1.82) is 0 Å². The molecule has 0 fully saturated rings. The third kappa shape index (κ3) is 11.0. The normalized spacial score (nSPS) is 11.4. The molecule has 0 radical (unpaired) electrons. The highest BCUT2D eigenvalue weighted by Gasteiger charge is 2.27. The van der Waals surface area contributed by atoms with Gasteiger partial charge in [0.1, 0.15) is 6.54 Å². The van der Waals surface area contributed by atoms with Gasteiger partial charge in [0.15, 0.2) is 0 Å². The van der Waals surface area contributed by atoms with Crippen molar-refractivity contribution in [2.45, 2.75) is 26.1 Å². The van der Waals surface area contributed by atoms with E-state index in [1.54, 1.807) is 19.2 Å². The maximum atomic E-state index is 11.7. The fourth-order valence-corrected chi connectivity index (χ4v) is 0.924. The van der Waals surface area contributed by atoms with Gasteiger partial charge < -0.3 is 10.6 Å². The van der Waals surface area contributed by atoms with Gasteiger partial charge in [-0.1, -0.05) is 0 Å². The number of alkyl halides is 3. The van der Waals surface area contributed by atoms with Crippen molar-refractivity contribution in [2.75, 3.05) is 19.6 Å². The van der Waals surface area contributed by atoms with Crippen molar-refractivity contribution in [2.24, 2.45) is 0 Å². The van der Waals surface area contributed by atoms with E-state index in [0.717, 1.165) is 0 Å². The Morgan fingerprint density at radius 1 is 1.12 bits per heavy atom. The summed E-state index contributed by atoms with van der Waals surface area (Å²) in [5.41, 5.74) is 0. The molecule has 0 aliphatic carbocycles. The molecule has 0 heterocycles. The van der Waals surface area contributed by atoms with Crippen molar-refractivity contribution in [3.8, 4) is 0 Å². The number of carbonyl (C=O) groups is 2. The molecular formula is C9H16F3N3O2. The van der Waals surface area contributed by atoms with Crippen LogP contribution in [0.3, 0.4) is 0 Å². The molecule has 17 heavy (non-hydrogen) atoms. The summed E-state index contributed by atoms with van der Waals surface area (Å²) >= 11 is 0. The Hall–Kier alpha value is -1.31. The highest BCUT2D eigenvalue weighted by atomic mass is 19.4.